The zero-order chi connectivity index (χ0) is 15.0. The number of halogens is 3. The molecular weight excluding hydrogens is 299 g/mol. The summed E-state index contributed by atoms with van der Waals surface area (Å²) in [5.41, 5.74) is 7.48. The van der Waals surface area contributed by atoms with E-state index in [1.54, 1.807) is 18.3 Å². The van der Waals surface area contributed by atoms with Crippen LogP contribution in [-0.4, -0.2) is 9.97 Å². The number of alkyl halides is 3. The molecule has 1 atom stereocenters. The lowest BCUT2D eigenvalue weighted by atomic mass is 10.0. The molecule has 0 fully saturated rings. The summed E-state index contributed by atoms with van der Waals surface area (Å²) in [6, 6.07) is 8.46. The summed E-state index contributed by atoms with van der Waals surface area (Å²) >= 11 is 0.562. The van der Waals surface area contributed by atoms with Gasteiger partial charge < -0.3 is 5.73 Å². The number of nitrogens with zero attached hydrogens (tertiary/aromatic N) is 2. The van der Waals surface area contributed by atoms with Crippen molar-refractivity contribution in [3.8, 4) is 0 Å². The van der Waals surface area contributed by atoms with Crippen LogP contribution < -0.4 is 5.73 Å². The maximum atomic E-state index is 12.6. The summed E-state index contributed by atoms with van der Waals surface area (Å²) in [6.07, 6.45) is -1.63. The first-order chi connectivity index (χ1) is 9.97. The van der Waals surface area contributed by atoms with Crippen molar-refractivity contribution in [2.24, 2.45) is 5.73 Å². The number of hydrogen-bond acceptors (Lipinski definition) is 4. The van der Waals surface area contributed by atoms with Gasteiger partial charge in [0.1, 0.15) is 0 Å². The van der Waals surface area contributed by atoms with Gasteiger partial charge in [-0.05, 0) is 6.07 Å². The fraction of sp³-hybridized carbons (Fsp3) is 0.143. The maximum absolute atomic E-state index is 12.6. The summed E-state index contributed by atoms with van der Waals surface area (Å²) in [4.78, 5) is 8.03. The molecule has 0 saturated heterocycles. The number of fused-ring (bicyclic) bond motifs is 1. The van der Waals surface area contributed by atoms with Crippen LogP contribution in [0.1, 0.15) is 21.5 Å². The minimum atomic E-state index is -4.44. The molecule has 3 rings (SSSR count). The van der Waals surface area contributed by atoms with Crippen LogP contribution in [0, 0.1) is 0 Å². The van der Waals surface area contributed by atoms with Crippen molar-refractivity contribution in [1.82, 2.24) is 9.97 Å². The van der Waals surface area contributed by atoms with Crippen LogP contribution in [0.15, 0.2) is 42.7 Å². The van der Waals surface area contributed by atoms with Gasteiger partial charge >= 0.3 is 6.18 Å². The Balaban J connectivity index is 2.05. The molecule has 0 saturated carbocycles. The summed E-state index contributed by atoms with van der Waals surface area (Å²) in [5, 5.41) is 0.00663. The molecule has 1 unspecified atom stereocenters. The molecule has 0 amide bonds. The molecule has 2 heterocycles. The van der Waals surface area contributed by atoms with Gasteiger partial charge in [0.05, 0.1) is 11.6 Å². The third-order valence-corrected chi connectivity index (χ3v) is 4.20. The second-order valence-corrected chi connectivity index (χ2v) is 5.53. The van der Waals surface area contributed by atoms with E-state index in [2.05, 4.69) is 9.97 Å². The van der Waals surface area contributed by atoms with Crippen molar-refractivity contribution < 1.29 is 13.2 Å². The highest BCUT2D eigenvalue weighted by Gasteiger charge is 2.35. The lowest BCUT2D eigenvalue weighted by molar-refractivity contribution is -0.137. The average molecular weight is 309 g/mol. The molecule has 2 aromatic heterocycles. The molecular formula is C14H10F3N3S. The van der Waals surface area contributed by atoms with E-state index >= 15 is 0 Å². The van der Waals surface area contributed by atoms with E-state index in [4.69, 9.17) is 5.73 Å². The molecule has 3 nitrogen and oxygen atoms in total. The molecule has 21 heavy (non-hydrogen) atoms. The SMILES string of the molecule is NC(c1cnc(C(F)(F)F)s1)c1cccc2cccnc12. The highest BCUT2D eigenvalue weighted by atomic mass is 32.1. The average Bonchev–Trinajstić information content (AvgIpc) is 2.96. The van der Waals surface area contributed by atoms with Gasteiger partial charge in [0.25, 0.3) is 0 Å². The molecule has 0 radical (unpaired) electrons. The Bertz CT molecular complexity index is 777. The maximum Gasteiger partial charge on any atom is 0.443 e. The Morgan fingerprint density at radius 1 is 1.10 bits per heavy atom. The third-order valence-electron chi connectivity index (χ3n) is 3.07. The zero-order valence-electron chi connectivity index (χ0n) is 10.6. The Hall–Kier alpha value is -1.99. The van der Waals surface area contributed by atoms with Crippen LogP contribution in [0.4, 0.5) is 13.2 Å². The number of benzene rings is 1. The van der Waals surface area contributed by atoms with Crippen LogP contribution in [0.5, 0.6) is 0 Å². The van der Waals surface area contributed by atoms with E-state index in [1.807, 2.05) is 18.2 Å². The number of rotatable bonds is 2. The molecule has 0 aliphatic heterocycles. The summed E-state index contributed by atoms with van der Waals surface area (Å²) in [7, 11) is 0. The number of pyridine rings is 1. The highest BCUT2D eigenvalue weighted by molar-refractivity contribution is 7.11. The zero-order valence-corrected chi connectivity index (χ0v) is 11.4. The van der Waals surface area contributed by atoms with Gasteiger partial charge in [-0.25, -0.2) is 4.98 Å². The Labute approximate surface area is 122 Å². The smallest absolute Gasteiger partial charge is 0.319 e. The molecule has 0 bridgehead atoms. The monoisotopic (exact) mass is 309 g/mol. The number of hydrogen-bond donors (Lipinski definition) is 1. The van der Waals surface area contributed by atoms with Gasteiger partial charge in [-0.1, -0.05) is 24.3 Å². The topological polar surface area (TPSA) is 51.8 Å². The second-order valence-electron chi connectivity index (χ2n) is 4.47. The molecule has 0 aliphatic rings. The van der Waals surface area contributed by atoms with Crippen LogP contribution in [-0.2, 0) is 6.18 Å². The number of nitrogens with two attached hydrogens (primary N) is 1. The van der Waals surface area contributed by atoms with Gasteiger partial charge in [0, 0.05) is 28.2 Å². The number of aromatic nitrogens is 2. The van der Waals surface area contributed by atoms with E-state index in [9.17, 15) is 13.2 Å². The van der Waals surface area contributed by atoms with E-state index in [0.717, 1.165) is 5.39 Å². The van der Waals surface area contributed by atoms with Crippen molar-refractivity contribution >= 4 is 22.2 Å². The fourth-order valence-corrected chi connectivity index (χ4v) is 2.90. The van der Waals surface area contributed by atoms with Gasteiger partial charge in [0.15, 0.2) is 5.01 Å². The summed E-state index contributed by atoms with van der Waals surface area (Å²) in [5.74, 6) is 0. The third kappa shape index (κ3) is 2.62. The van der Waals surface area contributed by atoms with Crippen molar-refractivity contribution in [2.75, 3.05) is 0 Å². The molecule has 3 aromatic rings. The lowest BCUT2D eigenvalue weighted by Crippen LogP contribution is -2.11. The van der Waals surface area contributed by atoms with Crippen LogP contribution in [0.2, 0.25) is 0 Å². The normalized spacial score (nSPS) is 13.5. The Kier molecular flexibility index (Phi) is 3.38. The lowest BCUT2D eigenvalue weighted by Gasteiger charge is -2.12. The Morgan fingerprint density at radius 3 is 2.57 bits per heavy atom. The van der Waals surface area contributed by atoms with Gasteiger partial charge in [-0.2, -0.15) is 13.2 Å². The molecule has 0 aliphatic carbocycles. The molecule has 7 heteroatoms. The second kappa shape index (κ2) is 5.09. The first-order valence-electron chi connectivity index (χ1n) is 6.09. The number of thiazole rings is 1. The van der Waals surface area contributed by atoms with Crippen LogP contribution in [0.25, 0.3) is 10.9 Å². The predicted octanol–water partition coefficient (Wildman–Crippen LogP) is 3.76. The van der Waals surface area contributed by atoms with Crippen molar-refractivity contribution in [2.45, 2.75) is 12.2 Å². The largest absolute Gasteiger partial charge is 0.443 e. The van der Waals surface area contributed by atoms with Crippen LogP contribution >= 0.6 is 11.3 Å². The fourth-order valence-electron chi connectivity index (χ4n) is 2.09. The van der Waals surface area contributed by atoms with E-state index in [-0.39, 0.29) is 0 Å². The first kappa shape index (κ1) is 14.0. The molecule has 2 N–H and O–H groups in total. The summed E-state index contributed by atoms with van der Waals surface area (Å²) < 4.78 is 37.8. The van der Waals surface area contributed by atoms with E-state index in [1.165, 1.54) is 6.20 Å². The minimum absolute atomic E-state index is 0.362. The van der Waals surface area contributed by atoms with Crippen molar-refractivity contribution in [3.63, 3.8) is 0 Å². The molecule has 108 valence electrons. The highest BCUT2D eigenvalue weighted by Crippen LogP contribution is 2.36. The number of para-hydroxylation sites is 1. The minimum Gasteiger partial charge on any atom is -0.319 e. The van der Waals surface area contributed by atoms with Gasteiger partial charge in [-0.3, -0.25) is 4.98 Å². The van der Waals surface area contributed by atoms with Crippen LogP contribution in [0.3, 0.4) is 0 Å². The van der Waals surface area contributed by atoms with Crippen molar-refractivity contribution in [1.29, 1.82) is 0 Å². The van der Waals surface area contributed by atoms with Gasteiger partial charge in [-0.15, -0.1) is 11.3 Å². The predicted molar refractivity (Wildman–Crippen MR) is 74.9 cm³/mol. The molecule has 0 spiro atoms. The van der Waals surface area contributed by atoms with E-state index < -0.39 is 17.2 Å². The first-order valence-corrected chi connectivity index (χ1v) is 6.90. The van der Waals surface area contributed by atoms with Gasteiger partial charge in [0.2, 0.25) is 0 Å². The van der Waals surface area contributed by atoms with E-state index in [0.29, 0.717) is 27.3 Å². The van der Waals surface area contributed by atoms with Crippen molar-refractivity contribution in [3.05, 3.63) is 58.2 Å². The molecule has 1 aromatic carbocycles. The quantitative estimate of drug-likeness (QED) is 0.784. The standard InChI is InChI=1S/C14H10F3N3S/c15-14(16,17)13-20-7-10(21-13)11(18)9-5-1-3-8-4-2-6-19-12(8)9/h1-7,11H,18H2. The Morgan fingerprint density at radius 2 is 1.86 bits per heavy atom. The summed E-state index contributed by atoms with van der Waals surface area (Å²) in [6.45, 7) is 0.